The molecule has 0 unspecified atom stereocenters. The zero-order valence-electron chi connectivity index (χ0n) is 14.1. The number of aromatic nitrogens is 3. The largest absolute Gasteiger partial charge is 0.473 e. The summed E-state index contributed by atoms with van der Waals surface area (Å²) in [7, 11) is -3.37. The summed E-state index contributed by atoms with van der Waals surface area (Å²) in [6.45, 7) is 1.72. The van der Waals surface area contributed by atoms with E-state index in [1.54, 1.807) is 6.07 Å². The molecule has 2 aromatic rings. The first-order valence-electron chi connectivity index (χ1n) is 8.03. The van der Waals surface area contributed by atoms with E-state index in [2.05, 4.69) is 31.7 Å². The lowest BCUT2D eigenvalue weighted by Crippen LogP contribution is -2.34. The molecule has 0 aromatic carbocycles. The summed E-state index contributed by atoms with van der Waals surface area (Å²) in [4.78, 5) is 12.1. The molecule has 0 bridgehead atoms. The van der Waals surface area contributed by atoms with E-state index >= 15 is 0 Å². The minimum Gasteiger partial charge on any atom is -0.473 e. The zero-order chi connectivity index (χ0) is 18.6. The van der Waals surface area contributed by atoms with Gasteiger partial charge in [-0.3, -0.25) is 0 Å². The minimum absolute atomic E-state index is 0.00168. The van der Waals surface area contributed by atoms with Crippen LogP contribution in [0, 0.1) is 11.3 Å². The summed E-state index contributed by atoms with van der Waals surface area (Å²) < 4.78 is 28.8. The molecule has 2 aromatic heterocycles. The smallest absolute Gasteiger partial charge is 0.237 e. The Kier molecular flexibility index (Phi) is 5.29. The number of nitrogens with zero attached hydrogens (tertiary/aromatic N) is 4. The minimum atomic E-state index is -3.37. The van der Waals surface area contributed by atoms with Crippen LogP contribution < -0.4 is 15.4 Å². The second kappa shape index (κ2) is 7.63. The molecule has 1 fully saturated rings. The third-order valence-corrected chi connectivity index (χ3v) is 4.87. The molecular formula is C16H18N6O3S. The number of nitriles is 1. The van der Waals surface area contributed by atoms with Crippen molar-refractivity contribution in [3.8, 4) is 11.9 Å². The van der Waals surface area contributed by atoms with E-state index in [1.807, 2.05) is 0 Å². The highest BCUT2D eigenvalue weighted by Crippen LogP contribution is 2.26. The number of nitrogens with one attached hydrogen (secondary N) is 2. The van der Waals surface area contributed by atoms with Crippen LogP contribution in [0.1, 0.15) is 18.4 Å². The monoisotopic (exact) mass is 374 g/mol. The Bertz CT molecular complexity index is 918. The Labute approximate surface area is 151 Å². The predicted octanol–water partition coefficient (Wildman–Crippen LogP) is 1.02. The second-order valence-corrected chi connectivity index (χ2v) is 7.83. The van der Waals surface area contributed by atoms with Gasteiger partial charge in [-0.25, -0.2) is 23.4 Å². The molecule has 0 spiro atoms. The van der Waals surface area contributed by atoms with Crippen LogP contribution in [-0.2, 0) is 9.84 Å². The van der Waals surface area contributed by atoms with Gasteiger partial charge in [0, 0.05) is 6.26 Å². The van der Waals surface area contributed by atoms with E-state index in [1.165, 1.54) is 18.6 Å². The van der Waals surface area contributed by atoms with Crippen LogP contribution in [0.4, 0.5) is 11.5 Å². The van der Waals surface area contributed by atoms with E-state index in [4.69, 9.17) is 4.74 Å². The number of anilines is 2. The lowest BCUT2D eigenvalue weighted by molar-refractivity contribution is 0.155. The molecule has 1 aliphatic heterocycles. The van der Waals surface area contributed by atoms with Crippen molar-refractivity contribution in [1.29, 1.82) is 5.26 Å². The zero-order valence-corrected chi connectivity index (χ0v) is 15.0. The molecule has 0 radical (unpaired) electrons. The van der Waals surface area contributed by atoms with Crippen molar-refractivity contribution in [3.05, 3.63) is 30.2 Å². The molecule has 3 rings (SSSR count). The lowest BCUT2D eigenvalue weighted by Gasteiger charge is -2.23. The molecule has 136 valence electrons. The molecule has 0 amide bonds. The number of piperidine rings is 1. The maximum atomic E-state index is 11.5. The fourth-order valence-electron chi connectivity index (χ4n) is 2.54. The van der Waals surface area contributed by atoms with Crippen molar-refractivity contribution >= 4 is 21.3 Å². The first-order valence-corrected chi connectivity index (χ1v) is 9.92. The van der Waals surface area contributed by atoms with Crippen LogP contribution in [0.25, 0.3) is 0 Å². The summed E-state index contributed by atoms with van der Waals surface area (Å²) >= 11 is 0. The van der Waals surface area contributed by atoms with Gasteiger partial charge in [0.2, 0.25) is 5.88 Å². The molecule has 2 N–H and O–H groups in total. The van der Waals surface area contributed by atoms with Crippen molar-refractivity contribution in [2.45, 2.75) is 24.0 Å². The van der Waals surface area contributed by atoms with Crippen LogP contribution in [0.15, 0.2) is 29.7 Å². The first kappa shape index (κ1) is 18.0. The molecule has 0 aliphatic carbocycles. The van der Waals surface area contributed by atoms with Crippen molar-refractivity contribution in [2.24, 2.45) is 0 Å². The third-order valence-electron chi connectivity index (χ3n) is 3.87. The van der Waals surface area contributed by atoms with Crippen molar-refractivity contribution < 1.29 is 13.2 Å². The Hall–Kier alpha value is -2.77. The number of rotatable bonds is 5. The van der Waals surface area contributed by atoms with Gasteiger partial charge in [-0.15, -0.1) is 0 Å². The number of hydrogen-bond acceptors (Lipinski definition) is 9. The van der Waals surface area contributed by atoms with E-state index in [0.717, 1.165) is 32.2 Å². The molecule has 1 saturated heterocycles. The van der Waals surface area contributed by atoms with Crippen LogP contribution in [0.3, 0.4) is 0 Å². The predicted molar refractivity (Wildman–Crippen MR) is 93.9 cm³/mol. The Balaban J connectivity index is 1.81. The molecule has 1 aliphatic rings. The average molecular weight is 374 g/mol. The summed E-state index contributed by atoms with van der Waals surface area (Å²) in [5, 5.41) is 15.7. The maximum absolute atomic E-state index is 11.5. The number of pyridine rings is 1. The van der Waals surface area contributed by atoms with Crippen LogP contribution >= 0.6 is 0 Å². The SMILES string of the molecule is CS(=O)(=O)c1ccc(Nc2ncnc(OC3CCNCC3)c2C#N)cn1. The van der Waals surface area contributed by atoms with Gasteiger partial charge in [0.1, 0.15) is 18.5 Å². The maximum Gasteiger partial charge on any atom is 0.237 e. The Morgan fingerprint density at radius 2 is 2.04 bits per heavy atom. The summed E-state index contributed by atoms with van der Waals surface area (Å²) in [6, 6.07) is 5.01. The van der Waals surface area contributed by atoms with Crippen LogP contribution in [-0.4, -0.2) is 48.8 Å². The van der Waals surface area contributed by atoms with Gasteiger partial charge in [-0.1, -0.05) is 0 Å². The highest BCUT2D eigenvalue weighted by Gasteiger charge is 2.19. The summed E-state index contributed by atoms with van der Waals surface area (Å²) in [5.41, 5.74) is 0.693. The van der Waals surface area contributed by atoms with Gasteiger partial charge in [-0.05, 0) is 38.1 Å². The average Bonchev–Trinajstić information content (AvgIpc) is 2.63. The summed E-state index contributed by atoms with van der Waals surface area (Å²) in [6.07, 6.45) is 5.46. The number of sulfone groups is 1. The molecule has 0 atom stereocenters. The van der Waals surface area contributed by atoms with Gasteiger partial charge in [0.05, 0.1) is 11.9 Å². The normalized spacial score (nSPS) is 15.2. The van der Waals surface area contributed by atoms with E-state index in [0.29, 0.717) is 5.69 Å². The van der Waals surface area contributed by atoms with Crippen molar-refractivity contribution in [1.82, 2.24) is 20.3 Å². The molecule has 9 nitrogen and oxygen atoms in total. The number of hydrogen-bond donors (Lipinski definition) is 2. The van der Waals surface area contributed by atoms with Crippen molar-refractivity contribution in [2.75, 3.05) is 24.7 Å². The highest BCUT2D eigenvalue weighted by atomic mass is 32.2. The highest BCUT2D eigenvalue weighted by molar-refractivity contribution is 7.90. The second-order valence-electron chi connectivity index (χ2n) is 5.86. The van der Waals surface area contributed by atoms with Gasteiger partial charge >= 0.3 is 0 Å². The number of ether oxygens (including phenoxy) is 1. The van der Waals surface area contributed by atoms with E-state index in [-0.39, 0.29) is 28.4 Å². The standard InChI is InChI=1S/C16H18N6O3S/c1-26(23,24)14-3-2-11(9-19-14)22-15-13(8-17)16(21-10-20-15)25-12-4-6-18-7-5-12/h2-3,9-10,12,18H,4-7H2,1H3,(H,20,21,22). The van der Waals surface area contributed by atoms with Crippen LogP contribution in [0.2, 0.25) is 0 Å². The third kappa shape index (κ3) is 4.25. The van der Waals surface area contributed by atoms with Gasteiger partial charge in [0.25, 0.3) is 0 Å². The fourth-order valence-corrected chi connectivity index (χ4v) is 3.10. The van der Waals surface area contributed by atoms with E-state index in [9.17, 15) is 13.7 Å². The summed E-state index contributed by atoms with van der Waals surface area (Å²) in [5.74, 6) is 0.512. The molecule has 3 heterocycles. The lowest BCUT2D eigenvalue weighted by atomic mass is 10.1. The van der Waals surface area contributed by atoms with Gasteiger partial charge in [-0.2, -0.15) is 5.26 Å². The molecule has 0 saturated carbocycles. The Morgan fingerprint density at radius 1 is 1.27 bits per heavy atom. The molecular weight excluding hydrogens is 356 g/mol. The topological polar surface area (TPSA) is 130 Å². The quantitative estimate of drug-likeness (QED) is 0.787. The fraction of sp³-hybridized carbons (Fsp3) is 0.375. The molecule has 10 heteroatoms. The molecule has 26 heavy (non-hydrogen) atoms. The van der Waals surface area contributed by atoms with Gasteiger partial charge < -0.3 is 15.4 Å². The first-order chi connectivity index (χ1) is 12.5. The van der Waals surface area contributed by atoms with E-state index < -0.39 is 9.84 Å². The van der Waals surface area contributed by atoms with Crippen molar-refractivity contribution in [3.63, 3.8) is 0 Å². The van der Waals surface area contributed by atoms with Crippen LogP contribution in [0.5, 0.6) is 5.88 Å². The van der Waals surface area contributed by atoms with Gasteiger partial charge in [0.15, 0.2) is 26.2 Å². The Morgan fingerprint density at radius 3 is 2.65 bits per heavy atom.